The predicted octanol–water partition coefficient (Wildman–Crippen LogP) is 1.56. The first-order valence-electron chi connectivity index (χ1n) is 9.48. The molecule has 132 valence electrons. The van der Waals surface area contributed by atoms with Gasteiger partial charge in [-0.3, -0.25) is 14.6 Å². The van der Waals surface area contributed by atoms with Crippen molar-refractivity contribution in [1.82, 2.24) is 15.1 Å². The largest absolute Gasteiger partial charge is 0.391 e. The predicted molar refractivity (Wildman–Crippen MR) is 91.0 cm³/mol. The van der Waals surface area contributed by atoms with E-state index in [2.05, 4.69) is 29.0 Å². The number of likely N-dealkylation sites (tertiary alicyclic amines) is 1. The van der Waals surface area contributed by atoms with Gasteiger partial charge in [-0.25, -0.2) is 0 Å². The summed E-state index contributed by atoms with van der Waals surface area (Å²) in [6.07, 6.45) is 7.20. The lowest BCUT2D eigenvalue weighted by molar-refractivity contribution is -0.130. The summed E-state index contributed by atoms with van der Waals surface area (Å²) in [7, 11) is 0. The van der Waals surface area contributed by atoms with Crippen LogP contribution in [0.5, 0.6) is 0 Å². The molecule has 0 aromatic heterocycles. The monoisotopic (exact) mass is 323 g/mol. The molecule has 3 aliphatic rings. The third-order valence-electron chi connectivity index (χ3n) is 6.22. The first-order valence-corrected chi connectivity index (χ1v) is 9.48. The SMILES string of the molecule is CC(C)CCN1CNC(=O)C12CCN([C@@H]1CCCC[C@H]1O)CC2. The molecule has 2 atom stereocenters. The lowest BCUT2D eigenvalue weighted by Crippen LogP contribution is -2.59. The molecule has 2 aliphatic heterocycles. The van der Waals surface area contributed by atoms with Crippen LogP contribution in [0.3, 0.4) is 0 Å². The number of hydrogen-bond donors (Lipinski definition) is 2. The molecular weight excluding hydrogens is 290 g/mol. The van der Waals surface area contributed by atoms with Crippen LogP contribution in [0, 0.1) is 5.92 Å². The van der Waals surface area contributed by atoms with E-state index in [0.717, 1.165) is 58.2 Å². The Kier molecular flexibility index (Phi) is 5.29. The van der Waals surface area contributed by atoms with Gasteiger partial charge in [0.25, 0.3) is 0 Å². The number of nitrogens with zero attached hydrogens (tertiary/aromatic N) is 2. The van der Waals surface area contributed by atoms with E-state index in [1.165, 1.54) is 6.42 Å². The Morgan fingerprint density at radius 2 is 1.96 bits per heavy atom. The molecule has 2 heterocycles. The second-order valence-electron chi connectivity index (χ2n) is 8.10. The highest BCUT2D eigenvalue weighted by Crippen LogP contribution is 2.35. The molecule has 0 aromatic carbocycles. The lowest BCUT2D eigenvalue weighted by atomic mass is 9.83. The molecule has 0 aromatic rings. The normalized spacial score (nSPS) is 32.6. The van der Waals surface area contributed by atoms with Gasteiger partial charge < -0.3 is 10.4 Å². The summed E-state index contributed by atoms with van der Waals surface area (Å²) in [6.45, 7) is 8.07. The highest BCUT2D eigenvalue weighted by atomic mass is 16.3. The average Bonchev–Trinajstić information content (AvgIpc) is 2.83. The van der Waals surface area contributed by atoms with E-state index in [9.17, 15) is 9.90 Å². The van der Waals surface area contributed by atoms with Crippen molar-refractivity contribution in [3.8, 4) is 0 Å². The minimum Gasteiger partial charge on any atom is -0.391 e. The number of amides is 1. The molecule has 2 saturated heterocycles. The number of carbonyl (C=O) groups is 1. The van der Waals surface area contributed by atoms with Crippen LogP contribution in [0.15, 0.2) is 0 Å². The van der Waals surface area contributed by atoms with E-state index < -0.39 is 0 Å². The fourth-order valence-electron chi connectivity index (χ4n) is 4.62. The van der Waals surface area contributed by atoms with E-state index in [4.69, 9.17) is 0 Å². The molecule has 3 rings (SSSR count). The average molecular weight is 323 g/mol. The first-order chi connectivity index (χ1) is 11.0. The van der Waals surface area contributed by atoms with Gasteiger partial charge in [-0.05, 0) is 38.0 Å². The van der Waals surface area contributed by atoms with Crippen molar-refractivity contribution in [3.63, 3.8) is 0 Å². The Morgan fingerprint density at radius 3 is 2.61 bits per heavy atom. The zero-order chi connectivity index (χ0) is 16.4. The summed E-state index contributed by atoms with van der Waals surface area (Å²) in [5.41, 5.74) is -0.287. The molecule has 0 radical (unpaired) electrons. The van der Waals surface area contributed by atoms with E-state index in [1.54, 1.807) is 0 Å². The maximum atomic E-state index is 12.5. The minimum absolute atomic E-state index is 0.174. The second-order valence-corrected chi connectivity index (χ2v) is 8.10. The Bertz CT molecular complexity index is 418. The van der Waals surface area contributed by atoms with E-state index in [1.807, 2.05) is 0 Å². The van der Waals surface area contributed by atoms with Gasteiger partial charge in [0.2, 0.25) is 5.91 Å². The van der Waals surface area contributed by atoms with Crippen molar-refractivity contribution in [2.75, 3.05) is 26.3 Å². The topological polar surface area (TPSA) is 55.8 Å². The van der Waals surface area contributed by atoms with Crippen molar-refractivity contribution in [2.24, 2.45) is 5.92 Å². The van der Waals surface area contributed by atoms with E-state index in [0.29, 0.717) is 18.6 Å². The van der Waals surface area contributed by atoms with Gasteiger partial charge in [-0.2, -0.15) is 0 Å². The van der Waals surface area contributed by atoms with E-state index in [-0.39, 0.29) is 17.6 Å². The van der Waals surface area contributed by atoms with Crippen molar-refractivity contribution in [1.29, 1.82) is 0 Å². The summed E-state index contributed by atoms with van der Waals surface area (Å²) in [6, 6.07) is 0.315. The van der Waals surface area contributed by atoms with Gasteiger partial charge in [-0.1, -0.05) is 26.7 Å². The molecule has 0 unspecified atom stereocenters. The number of aliphatic hydroxyl groups is 1. The highest BCUT2D eigenvalue weighted by Gasteiger charge is 2.50. The van der Waals surface area contributed by atoms with Crippen LogP contribution in [-0.2, 0) is 4.79 Å². The van der Waals surface area contributed by atoms with E-state index >= 15 is 0 Å². The maximum absolute atomic E-state index is 12.5. The number of nitrogens with one attached hydrogen (secondary N) is 1. The van der Waals surface area contributed by atoms with Crippen LogP contribution in [0.1, 0.15) is 58.8 Å². The Morgan fingerprint density at radius 1 is 1.26 bits per heavy atom. The van der Waals surface area contributed by atoms with Gasteiger partial charge in [-0.15, -0.1) is 0 Å². The smallest absolute Gasteiger partial charge is 0.241 e. The Labute approximate surface area is 140 Å². The van der Waals surface area contributed by atoms with Crippen molar-refractivity contribution >= 4 is 5.91 Å². The van der Waals surface area contributed by atoms with Crippen LogP contribution in [0.2, 0.25) is 0 Å². The molecule has 5 heteroatoms. The summed E-state index contributed by atoms with van der Waals surface area (Å²) >= 11 is 0. The Balaban J connectivity index is 1.62. The number of rotatable bonds is 4. The van der Waals surface area contributed by atoms with Crippen LogP contribution in [0.4, 0.5) is 0 Å². The molecular formula is C18H33N3O2. The standard InChI is InChI=1S/C18H33N3O2/c1-14(2)7-10-21-13-19-17(23)18(21)8-11-20(12-9-18)15-5-3-4-6-16(15)22/h14-16,22H,3-13H2,1-2H3,(H,19,23)/t15-,16-/m1/s1. The molecule has 3 fully saturated rings. The van der Waals surface area contributed by atoms with Gasteiger partial charge in [0, 0.05) is 25.7 Å². The van der Waals surface area contributed by atoms with Crippen LogP contribution < -0.4 is 5.32 Å². The van der Waals surface area contributed by atoms with Crippen LogP contribution >= 0.6 is 0 Å². The first kappa shape index (κ1) is 17.2. The van der Waals surface area contributed by atoms with Gasteiger partial charge in [0.1, 0.15) is 5.54 Å². The number of aliphatic hydroxyl groups excluding tert-OH is 1. The number of carbonyl (C=O) groups excluding carboxylic acids is 1. The van der Waals surface area contributed by atoms with Crippen molar-refractivity contribution in [3.05, 3.63) is 0 Å². The molecule has 0 bridgehead atoms. The maximum Gasteiger partial charge on any atom is 0.241 e. The minimum atomic E-state index is -0.287. The summed E-state index contributed by atoms with van der Waals surface area (Å²) in [5, 5.41) is 13.4. The second kappa shape index (κ2) is 7.08. The van der Waals surface area contributed by atoms with Crippen LogP contribution in [0.25, 0.3) is 0 Å². The quantitative estimate of drug-likeness (QED) is 0.824. The molecule has 1 spiro atoms. The lowest BCUT2D eigenvalue weighted by Gasteiger charge is -2.46. The summed E-state index contributed by atoms with van der Waals surface area (Å²) < 4.78 is 0. The third-order valence-corrected chi connectivity index (χ3v) is 6.22. The van der Waals surface area contributed by atoms with Crippen molar-refractivity contribution in [2.45, 2.75) is 76.5 Å². The van der Waals surface area contributed by atoms with Gasteiger partial charge in [0.15, 0.2) is 0 Å². The third kappa shape index (κ3) is 3.42. The molecule has 1 saturated carbocycles. The van der Waals surface area contributed by atoms with Gasteiger partial charge in [0.05, 0.1) is 12.8 Å². The number of hydrogen-bond acceptors (Lipinski definition) is 4. The summed E-state index contributed by atoms with van der Waals surface area (Å²) in [4.78, 5) is 17.4. The van der Waals surface area contributed by atoms with Gasteiger partial charge >= 0.3 is 0 Å². The zero-order valence-electron chi connectivity index (χ0n) is 14.8. The van der Waals surface area contributed by atoms with Crippen molar-refractivity contribution < 1.29 is 9.90 Å². The fraction of sp³-hybridized carbons (Fsp3) is 0.944. The summed E-state index contributed by atoms with van der Waals surface area (Å²) in [5.74, 6) is 0.894. The Hall–Kier alpha value is -0.650. The fourth-order valence-corrected chi connectivity index (χ4v) is 4.62. The zero-order valence-corrected chi connectivity index (χ0v) is 14.8. The highest BCUT2D eigenvalue weighted by molar-refractivity contribution is 5.88. The molecule has 1 amide bonds. The van der Waals surface area contributed by atoms with Crippen LogP contribution in [-0.4, -0.2) is 64.8 Å². The molecule has 2 N–H and O–H groups in total. The molecule has 5 nitrogen and oxygen atoms in total. The molecule has 1 aliphatic carbocycles. The molecule has 23 heavy (non-hydrogen) atoms. The number of piperidine rings is 1.